The molecule has 1 heterocycles. The van der Waals surface area contributed by atoms with Crippen LogP contribution in [0.15, 0.2) is 53.4 Å². The molecule has 1 saturated heterocycles. The highest BCUT2D eigenvalue weighted by atomic mass is 32.2. The van der Waals surface area contributed by atoms with Crippen LogP contribution in [0.3, 0.4) is 0 Å². The number of methoxy groups -OCH3 is 1. The van der Waals surface area contributed by atoms with E-state index in [4.69, 9.17) is 4.74 Å². The Hall–Kier alpha value is -2.58. The predicted molar refractivity (Wildman–Crippen MR) is 116 cm³/mol. The number of urea groups is 1. The number of sulfonamides is 1. The number of para-hydroxylation sites is 1. The highest BCUT2D eigenvalue weighted by Crippen LogP contribution is 2.21. The highest BCUT2D eigenvalue weighted by molar-refractivity contribution is 7.89. The van der Waals surface area contributed by atoms with Crippen molar-refractivity contribution in [1.29, 1.82) is 0 Å². The number of amides is 2. The molecule has 0 saturated carbocycles. The van der Waals surface area contributed by atoms with Crippen LogP contribution < -0.4 is 15.4 Å². The molecule has 1 aliphatic rings. The molecule has 1 fully saturated rings. The topological polar surface area (TPSA) is 87.7 Å². The second-order valence-electron chi connectivity index (χ2n) is 7.28. The summed E-state index contributed by atoms with van der Waals surface area (Å²) in [4.78, 5) is 12.3. The molecule has 8 heteroatoms. The first-order chi connectivity index (χ1) is 14.5. The van der Waals surface area contributed by atoms with Crippen LogP contribution in [0.4, 0.5) is 4.79 Å². The Kier molecular flexibility index (Phi) is 7.70. The van der Waals surface area contributed by atoms with E-state index in [1.807, 2.05) is 24.3 Å². The summed E-state index contributed by atoms with van der Waals surface area (Å²) >= 11 is 0. The maximum absolute atomic E-state index is 12.7. The maximum atomic E-state index is 12.7. The maximum Gasteiger partial charge on any atom is 0.315 e. The average Bonchev–Trinajstić information content (AvgIpc) is 2.79. The zero-order chi connectivity index (χ0) is 21.4. The van der Waals surface area contributed by atoms with E-state index in [2.05, 4.69) is 10.6 Å². The van der Waals surface area contributed by atoms with Gasteiger partial charge in [0.2, 0.25) is 10.0 Å². The third-order valence-electron chi connectivity index (χ3n) is 5.20. The normalized spacial score (nSPS) is 14.8. The lowest BCUT2D eigenvalue weighted by Crippen LogP contribution is -2.36. The Labute approximate surface area is 178 Å². The van der Waals surface area contributed by atoms with E-state index < -0.39 is 10.0 Å². The van der Waals surface area contributed by atoms with Crippen LogP contribution in [0.5, 0.6) is 5.75 Å². The standard InChI is InChI=1S/C22H29N3O4S/c1-29-21-8-4-3-7-19(21)13-14-23-22(26)24-17-18-9-11-20(12-10-18)30(27,28)25-15-5-2-6-16-25/h3-4,7-12H,2,5-6,13-17H2,1H3,(H2,23,24,26). The molecule has 7 nitrogen and oxygen atoms in total. The van der Waals surface area contributed by atoms with Crippen LogP contribution in [0, 0.1) is 0 Å². The van der Waals surface area contributed by atoms with E-state index in [1.165, 1.54) is 0 Å². The fourth-order valence-corrected chi connectivity index (χ4v) is 5.02. The SMILES string of the molecule is COc1ccccc1CCNC(=O)NCc1ccc(S(=O)(=O)N2CCCCC2)cc1. The van der Waals surface area contributed by atoms with Crippen molar-refractivity contribution in [3.05, 3.63) is 59.7 Å². The molecular weight excluding hydrogens is 402 g/mol. The van der Waals surface area contributed by atoms with Gasteiger partial charge in [0.1, 0.15) is 5.75 Å². The highest BCUT2D eigenvalue weighted by Gasteiger charge is 2.25. The molecular formula is C22H29N3O4S. The van der Waals surface area contributed by atoms with E-state index in [0.29, 0.717) is 37.5 Å². The van der Waals surface area contributed by atoms with Crippen LogP contribution in [0.2, 0.25) is 0 Å². The summed E-state index contributed by atoms with van der Waals surface area (Å²) in [5.41, 5.74) is 1.87. The molecule has 0 spiro atoms. The number of benzene rings is 2. The van der Waals surface area contributed by atoms with Gasteiger partial charge in [0.05, 0.1) is 12.0 Å². The Balaban J connectivity index is 1.46. The summed E-state index contributed by atoms with van der Waals surface area (Å²) in [5, 5.41) is 5.62. The predicted octanol–water partition coefficient (Wildman–Crippen LogP) is 2.91. The molecule has 3 rings (SSSR count). The van der Waals surface area contributed by atoms with Gasteiger partial charge in [0.15, 0.2) is 0 Å². The number of hydrogen-bond donors (Lipinski definition) is 2. The van der Waals surface area contributed by atoms with Crippen molar-refractivity contribution >= 4 is 16.1 Å². The van der Waals surface area contributed by atoms with Gasteiger partial charge < -0.3 is 15.4 Å². The van der Waals surface area contributed by atoms with Crippen molar-refractivity contribution in [2.24, 2.45) is 0 Å². The first kappa shape index (κ1) is 22.1. The van der Waals surface area contributed by atoms with E-state index in [0.717, 1.165) is 36.1 Å². The molecule has 1 aliphatic heterocycles. The second-order valence-corrected chi connectivity index (χ2v) is 9.22. The van der Waals surface area contributed by atoms with Crippen molar-refractivity contribution in [3.63, 3.8) is 0 Å². The van der Waals surface area contributed by atoms with Crippen molar-refractivity contribution in [3.8, 4) is 5.75 Å². The van der Waals surface area contributed by atoms with Crippen molar-refractivity contribution in [1.82, 2.24) is 14.9 Å². The Morgan fingerprint density at radius 3 is 2.40 bits per heavy atom. The number of ether oxygens (including phenoxy) is 1. The Bertz CT molecular complexity index is 939. The molecule has 0 atom stereocenters. The van der Waals surface area contributed by atoms with Gasteiger partial charge in [-0.15, -0.1) is 0 Å². The number of carbonyl (C=O) groups excluding carboxylic acids is 1. The fourth-order valence-electron chi connectivity index (χ4n) is 3.50. The lowest BCUT2D eigenvalue weighted by Gasteiger charge is -2.25. The second kappa shape index (κ2) is 10.4. The third-order valence-corrected chi connectivity index (χ3v) is 7.11. The van der Waals surface area contributed by atoms with E-state index in [1.54, 1.807) is 35.7 Å². The molecule has 0 radical (unpaired) electrons. The number of piperidine rings is 1. The van der Waals surface area contributed by atoms with Gasteiger partial charge in [-0.3, -0.25) is 0 Å². The summed E-state index contributed by atoms with van der Waals surface area (Å²) in [6.07, 6.45) is 3.57. The molecule has 0 aliphatic carbocycles. The van der Waals surface area contributed by atoms with E-state index in [9.17, 15) is 13.2 Å². The average molecular weight is 432 g/mol. The van der Waals surface area contributed by atoms with Gasteiger partial charge in [-0.1, -0.05) is 36.8 Å². The largest absolute Gasteiger partial charge is 0.496 e. The van der Waals surface area contributed by atoms with E-state index in [-0.39, 0.29) is 6.03 Å². The van der Waals surface area contributed by atoms with Crippen LogP contribution >= 0.6 is 0 Å². The van der Waals surface area contributed by atoms with Crippen molar-refractivity contribution in [2.75, 3.05) is 26.7 Å². The van der Waals surface area contributed by atoms with Crippen molar-refractivity contribution in [2.45, 2.75) is 37.1 Å². The van der Waals surface area contributed by atoms with Gasteiger partial charge in [0.25, 0.3) is 0 Å². The van der Waals surface area contributed by atoms with Gasteiger partial charge in [-0.2, -0.15) is 4.31 Å². The third kappa shape index (κ3) is 5.73. The number of rotatable bonds is 8. The summed E-state index contributed by atoms with van der Waals surface area (Å²) < 4.78 is 32.2. The Morgan fingerprint density at radius 1 is 1.00 bits per heavy atom. The smallest absolute Gasteiger partial charge is 0.315 e. The number of nitrogens with one attached hydrogen (secondary N) is 2. The van der Waals surface area contributed by atoms with Crippen molar-refractivity contribution < 1.29 is 17.9 Å². The molecule has 2 amide bonds. The molecule has 0 unspecified atom stereocenters. The summed E-state index contributed by atoms with van der Waals surface area (Å²) in [7, 11) is -1.80. The summed E-state index contributed by atoms with van der Waals surface area (Å²) in [5.74, 6) is 0.805. The van der Waals surface area contributed by atoms with E-state index >= 15 is 0 Å². The fraction of sp³-hybridized carbons (Fsp3) is 0.409. The minimum Gasteiger partial charge on any atom is -0.496 e. The monoisotopic (exact) mass is 431 g/mol. The quantitative estimate of drug-likeness (QED) is 0.673. The number of hydrogen-bond acceptors (Lipinski definition) is 4. The zero-order valence-electron chi connectivity index (χ0n) is 17.3. The molecule has 2 aromatic carbocycles. The number of nitrogens with zero attached hydrogens (tertiary/aromatic N) is 1. The summed E-state index contributed by atoms with van der Waals surface area (Å²) in [6.45, 7) is 1.98. The minimum absolute atomic E-state index is 0.269. The van der Waals surface area contributed by atoms with Crippen LogP contribution in [-0.4, -0.2) is 45.5 Å². The Morgan fingerprint density at radius 2 is 1.70 bits per heavy atom. The lowest BCUT2D eigenvalue weighted by atomic mass is 10.1. The molecule has 2 N–H and O–H groups in total. The molecule has 0 aromatic heterocycles. The van der Waals surface area contributed by atoms with Gasteiger partial charge >= 0.3 is 6.03 Å². The summed E-state index contributed by atoms with van der Waals surface area (Å²) in [6, 6.07) is 14.1. The first-order valence-electron chi connectivity index (χ1n) is 10.2. The number of carbonyl (C=O) groups is 1. The van der Waals surface area contributed by atoms with Crippen LogP contribution in [-0.2, 0) is 23.0 Å². The minimum atomic E-state index is -3.43. The van der Waals surface area contributed by atoms with Crippen LogP contribution in [0.1, 0.15) is 30.4 Å². The van der Waals surface area contributed by atoms with Gasteiger partial charge in [-0.05, 0) is 48.6 Å². The molecule has 2 aromatic rings. The lowest BCUT2D eigenvalue weighted by molar-refractivity contribution is 0.240. The molecule has 30 heavy (non-hydrogen) atoms. The molecule has 0 bridgehead atoms. The van der Waals surface area contributed by atoms with Crippen LogP contribution in [0.25, 0.3) is 0 Å². The first-order valence-corrected chi connectivity index (χ1v) is 11.7. The molecule has 162 valence electrons. The zero-order valence-corrected chi connectivity index (χ0v) is 18.1. The van der Waals surface area contributed by atoms with Gasteiger partial charge in [0, 0.05) is 26.2 Å². The van der Waals surface area contributed by atoms with Gasteiger partial charge in [-0.25, -0.2) is 13.2 Å².